The maximum atomic E-state index is 13.4. The molecule has 1 aliphatic carbocycles. The number of hydrogen-bond acceptors (Lipinski definition) is 10. The van der Waals surface area contributed by atoms with Gasteiger partial charge in [0, 0.05) is 62.2 Å². The summed E-state index contributed by atoms with van der Waals surface area (Å²) >= 11 is 0.371. The Labute approximate surface area is 329 Å². The predicted octanol–water partition coefficient (Wildman–Crippen LogP) is 5.74. The number of carbonyl (C=O) groups excluding carboxylic acids is 3. The molecule has 1 saturated carbocycles. The number of nitrogens with one attached hydrogen (secondary N) is 2. The van der Waals surface area contributed by atoms with E-state index in [2.05, 4.69) is 32.5 Å². The highest BCUT2D eigenvalue weighted by molar-refractivity contribution is 7.10. The number of ether oxygens (including phenoxy) is 1. The van der Waals surface area contributed by atoms with Gasteiger partial charge in [-0.15, -0.1) is 11.3 Å². The van der Waals surface area contributed by atoms with Gasteiger partial charge in [0.15, 0.2) is 5.01 Å². The van der Waals surface area contributed by atoms with Gasteiger partial charge < -0.3 is 19.9 Å². The number of methoxy groups -OCH3 is 1. The first-order chi connectivity index (χ1) is 27.3. The number of hydrogen-bond donors (Lipinski definition) is 2. The lowest BCUT2D eigenvalue weighted by molar-refractivity contribution is -0.138. The van der Waals surface area contributed by atoms with Gasteiger partial charge in [-0.3, -0.25) is 33.5 Å². The summed E-state index contributed by atoms with van der Waals surface area (Å²) in [6.45, 7) is 2.68. The summed E-state index contributed by atoms with van der Waals surface area (Å²) in [5, 5.41) is 10.6. The average molecular weight is 808 g/mol. The molecule has 2 aromatic carbocycles. The highest BCUT2D eigenvalue weighted by Gasteiger charge is 2.36. The first kappa shape index (κ1) is 38.6. The van der Waals surface area contributed by atoms with Crippen molar-refractivity contribution >= 4 is 62.4 Å². The fourth-order valence-electron chi connectivity index (χ4n) is 8.82. The molecule has 0 bridgehead atoms. The number of alkyl halides is 3. The second-order valence-electron chi connectivity index (χ2n) is 15.4. The van der Waals surface area contributed by atoms with Crippen LogP contribution in [0.3, 0.4) is 0 Å². The fraction of sp³-hybridized carbons (Fsp3) is 0.487. The molecule has 2 aliphatic heterocycles. The lowest BCUT2D eigenvalue weighted by Gasteiger charge is -2.40. The predicted molar refractivity (Wildman–Crippen MR) is 209 cm³/mol. The van der Waals surface area contributed by atoms with Crippen molar-refractivity contribution in [2.75, 3.05) is 44.0 Å². The van der Waals surface area contributed by atoms with Crippen molar-refractivity contribution in [1.29, 1.82) is 0 Å². The number of anilines is 2. The number of piperidine rings is 2. The number of rotatable bonds is 9. The first-order valence-corrected chi connectivity index (χ1v) is 20.1. The molecule has 302 valence electrons. The van der Waals surface area contributed by atoms with E-state index in [1.165, 1.54) is 11.7 Å². The van der Waals surface area contributed by atoms with Gasteiger partial charge >= 0.3 is 11.9 Å². The summed E-state index contributed by atoms with van der Waals surface area (Å²) < 4.78 is 49.7. The second kappa shape index (κ2) is 15.3. The van der Waals surface area contributed by atoms with E-state index in [1.54, 1.807) is 23.7 Å². The second-order valence-corrected chi connectivity index (χ2v) is 16.2. The van der Waals surface area contributed by atoms with E-state index in [0.717, 1.165) is 80.1 Å². The number of aryl methyl sites for hydroxylation is 1. The number of imide groups is 1. The van der Waals surface area contributed by atoms with Crippen molar-refractivity contribution in [3.05, 3.63) is 63.1 Å². The number of amides is 3. The quantitative estimate of drug-likeness (QED) is 0.178. The molecule has 5 aromatic rings. The highest BCUT2D eigenvalue weighted by Crippen LogP contribution is 2.37. The van der Waals surface area contributed by atoms with E-state index in [9.17, 15) is 32.3 Å². The standard InChI is InChI=1S/C39H44F3N9O5S/c1-47(24-13-15-49(16-14-24)29-5-4-6-30-34(29)48(2)38(55)51(30)31-11-12-33(52)45-36(31)54)19-22-7-9-25(10-8-22)50-20-23-17-27(32(56-3)18-26(23)46-50)43-35(53)28-21-57-37(44-28)39(40,41)42/h4-6,17-18,20-22,24-25,31H,7-16,19H2,1-3H3,(H,43,53)(H,45,52,54)/t22-,25-,31?. The number of halogens is 3. The Morgan fingerprint density at radius 3 is 2.51 bits per heavy atom. The van der Waals surface area contributed by atoms with Gasteiger partial charge in [0.05, 0.1) is 41.1 Å². The lowest BCUT2D eigenvalue weighted by atomic mass is 9.85. The first-order valence-electron chi connectivity index (χ1n) is 19.2. The van der Waals surface area contributed by atoms with Crippen LogP contribution in [0, 0.1) is 5.92 Å². The third-order valence-electron chi connectivity index (χ3n) is 11.8. The van der Waals surface area contributed by atoms with Crippen molar-refractivity contribution in [2.24, 2.45) is 13.0 Å². The summed E-state index contributed by atoms with van der Waals surface area (Å²) in [4.78, 5) is 59.0. The Balaban J connectivity index is 0.863. The van der Waals surface area contributed by atoms with E-state index in [4.69, 9.17) is 9.84 Å². The minimum Gasteiger partial charge on any atom is -0.494 e. The molecule has 57 heavy (non-hydrogen) atoms. The van der Waals surface area contributed by atoms with Crippen molar-refractivity contribution in [1.82, 2.24) is 34.1 Å². The van der Waals surface area contributed by atoms with Crippen LogP contribution in [-0.4, -0.2) is 86.4 Å². The van der Waals surface area contributed by atoms with E-state index in [-0.39, 0.29) is 29.8 Å². The molecule has 14 nitrogen and oxygen atoms in total. The van der Waals surface area contributed by atoms with E-state index in [1.807, 2.05) is 29.1 Å². The van der Waals surface area contributed by atoms with Crippen molar-refractivity contribution in [3.63, 3.8) is 0 Å². The van der Waals surface area contributed by atoms with Crippen LogP contribution in [0.4, 0.5) is 24.5 Å². The molecule has 1 unspecified atom stereocenters. The normalized spacial score (nSPS) is 21.1. The monoisotopic (exact) mass is 807 g/mol. The van der Waals surface area contributed by atoms with Crippen molar-refractivity contribution < 1.29 is 32.3 Å². The fourth-order valence-corrected chi connectivity index (χ4v) is 9.49. The largest absolute Gasteiger partial charge is 0.494 e. The Bertz CT molecular complexity index is 2400. The van der Waals surface area contributed by atoms with E-state index < -0.39 is 29.0 Å². The molecule has 5 heterocycles. The molecule has 8 rings (SSSR count). The number of para-hydroxylation sites is 1. The molecule has 2 N–H and O–H groups in total. The van der Waals surface area contributed by atoms with Gasteiger partial charge in [-0.05, 0) is 76.1 Å². The molecule has 3 amide bonds. The zero-order chi connectivity index (χ0) is 40.2. The third-order valence-corrected chi connectivity index (χ3v) is 12.7. The highest BCUT2D eigenvalue weighted by atomic mass is 32.1. The van der Waals surface area contributed by atoms with Gasteiger partial charge in [0.1, 0.15) is 17.5 Å². The van der Waals surface area contributed by atoms with Gasteiger partial charge in [0.2, 0.25) is 11.8 Å². The van der Waals surface area contributed by atoms with E-state index >= 15 is 0 Å². The maximum Gasteiger partial charge on any atom is 0.443 e. The SMILES string of the molecule is COc1cc2nn([C@H]3CC[C@H](CN(C)C4CCN(c5cccc6c5n(C)c(=O)n6C5CCC(=O)NC5=O)CC4)CC3)cc2cc1NC(=O)c1csc(C(F)(F)F)n1. The van der Waals surface area contributed by atoms with Crippen LogP contribution in [0.15, 0.2) is 46.7 Å². The van der Waals surface area contributed by atoms with Crippen LogP contribution in [0.1, 0.15) is 78.9 Å². The number of carbonyl (C=O) groups is 3. The molecule has 3 aliphatic rings. The molecule has 0 spiro atoms. The summed E-state index contributed by atoms with van der Waals surface area (Å²) in [6.07, 6.45) is 3.84. The summed E-state index contributed by atoms with van der Waals surface area (Å²) in [5.74, 6) is -0.618. The Morgan fingerprint density at radius 1 is 1.07 bits per heavy atom. The molecular formula is C39H44F3N9O5S. The molecule has 1 atom stereocenters. The zero-order valence-corrected chi connectivity index (χ0v) is 32.7. The molecule has 3 fully saturated rings. The molecule has 0 radical (unpaired) electrons. The van der Waals surface area contributed by atoms with Crippen LogP contribution >= 0.6 is 11.3 Å². The molecule has 2 saturated heterocycles. The van der Waals surface area contributed by atoms with E-state index in [0.29, 0.717) is 52.2 Å². The Hall–Kier alpha value is -5.23. The van der Waals surface area contributed by atoms with Crippen LogP contribution in [-0.2, 0) is 22.8 Å². The molecule has 3 aromatic heterocycles. The average Bonchev–Trinajstić information content (AvgIpc) is 3.92. The van der Waals surface area contributed by atoms with Crippen LogP contribution in [0.5, 0.6) is 5.75 Å². The smallest absolute Gasteiger partial charge is 0.443 e. The summed E-state index contributed by atoms with van der Waals surface area (Å²) in [5.41, 5.74) is 2.89. The number of aromatic nitrogens is 5. The Kier molecular flexibility index (Phi) is 10.3. The minimum absolute atomic E-state index is 0.198. The van der Waals surface area contributed by atoms with Crippen molar-refractivity contribution in [2.45, 2.75) is 75.7 Å². The lowest BCUT2D eigenvalue weighted by Crippen LogP contribution is -2.45. The topological polar surface area (TPSA) is 149 Å². The Morgan fingerprint density at radius 2 is 1.82 bits per heavy atom. The number of fused-ring (bicyclic) bond motifs is 2. The van der Waals surface area contributed by atoms with Gasteiger partial charge in [-0.1, -0.05) is 6.07 Å². The number of nitrogens with zero attached hydrogens (tertiary/aromatic N) is 7. The maximum absolute atomic E-state index is 13.4. The number of benzene rings is 2. The van der Waals surface area contributed by atoms with Crippen LogP contribution in [0.2, 0.25) is 0 Å². The summed E-state index contributed by atoms with van der Waals surface area (Å²) in [6, 6.07) is 9.20. The minimum atomic E-state index is -4.62. The number of thiazole rings is 1. The van der Waals surface area contributed by atoms with Gasteiger partial charge in [-0.2, -0.15) is 18.3 Å². The zero-order valence-electron chi connectivity index (χ0n) is 31.8. The number of imidazole rings is 1. The van der Waals surface area contributed by atoms with Crippen LogP contribution < -0.4 is 26.0 Å². The van der Waals surface area contributed by atoms with Crippen molar-refractivity contribution in [3.8, 4) is 5.75 Å². The molecular weight excluding hydrogens is 764 g/mol. The third kappa shape index (κ3) is 7.51. The summed E-state index contributed by atoms with van der Waals surface area (Å²) in [7, 11) is 5.41. The van der Waals surface area contributed by atoms with Gasteiger partial charge in [0.25, 0.3) is 5.91 Å². The van der Waals surface area contributed by atoms with Gasteiger partial charge in [-0.25, -0.2) is 9.78 Å². The van der Waals surface area contributed by atoms with Crippen LogP contribution in [0.25, 0.3) is 21.9 Å². The molecule has 18 heteroatoms.